The van der Waals surface area contributed by atoms with Crippen LogP contribution in [0.4, 0.5) is 20.2 Å². The molecule has 5 rings (SSSR count). The maximum atomic E-state index is 14.4. The Labute approximate surface area is 226 Å². The van der Waals surface area contributed by atoms with Gasteiger partial charge in [0.25, 0.3) is 5.69 Å². The van der Waals surface area contributed by atoms with Crippen LogP contribution < -0.4 is 4.80 Å². The van der Waals surface area contributed by atoms with Crippen molar-refractivity contribution in [3.63, 3.8) is 0 Å². The van der Waals surface area contributed by atoms with Crippen molar-refractivity contribution in [2.24, 2.45) is 10.1 Å². The van der Waals surface area contributed by atoms with Crippen LogP contribution >= 0.6 is 11.3 Å². The first-order valence-corrected chi connectivity index (χ1v) is 12.8. The summed E-state index contributed by atoms with van der Waals surface area (Å²) in [6, 6.07) is 19.5. The molecular weight excluding hydrogens is 520 g/mol. The molecule has 0 unspecified atom stereocenters. The van der Waals surface area contributed by atoms with E-state index in [-0.39, 0.29) is 11.4 Å². The fourth-order valence-electron chi connectivity index (χ4n) is 4.25. The summed E-state index contributed by atoms with van der Waals surface area (Å²) in [5.74, 6) is -1.49. The van der Waals surface area contributed by atoms with E-state index in [0.29, 0.717) is 16.1 Å². The van der Waals surface area contributed by atoms with Crippen molar-refractivity contribution < 1.29 is 13.7 Å². The lowest BCUT2D eigenvalue weighted by atomic mass is 10.1. The summed E-state index contributed by atoms with van der Waals surface area (Å²) in [6.45, 7) is 6.06. The Hall–Kier alpha value is -4.70. The smallest absolute Gasteiger partial charge is 0.269 e. The molecule has 0 fully saturated rings. The molecule has 5 aromatic rings. The highest BCUT2D eigenvalue weighted by Gasteiger charge is 2.13. The average molecular weight is 544 g/mol. The van der Waals surface area contributed by atoms with Crippen molar-refractivity contribution >= 4 is 28.9 Å². The molecule has 0 bridgehead atoms. The van der Waals surface area contributed by atoms with Crippen LogP contribution in [0.2, 0.25) is 0 Å². The Kier molecular flexibility index (Phi) is 7.03. The van der Waals surface area contributed by atoms with Crippen molar-refractivity contribution in [1.29, 1.82) is 0 Å². The van der Waals surface area contributed by atoms with Gasteiger partial charge in [-0.15, -0.1) is 11.3 Å². The molecule has 0 radical (unpaired) electrons. The number of aryl methyl sites for hydroxylation is 2. The molecule has 0 saturated carbocycles. The number of aromatic nitrogens is 2. The molecule has 0 aliphatic heterocycles. The van der Waals surface area contributed by atoms with E-state index in [9.17, 15) is 18.9 Å². The highest BCUT2D eigenvalue weighted by molar-refractivity contribution is 7.07. The predicted molar refractivity (Wildman–Crippen MR) is 149 cm³/mol. The second kappa shape index (κ2) is 10.6. The highest BCUT2D eigenvalue weighted by atomic mass is 32.1. The summed E-state index contributed by atoms with van der Waals surface area (Å²) in [7, 11) is 0. The average Bonchev–Trinajstić information content (AvgIpc) is 3.44. The first-order chi connectivity index (χ1) is 18.7. The lowest BCUT2D eigenvalue weighted by Gasteiger charge is -2.10. The normalized spacial score (nSPS) is 12.0. The largest absolute Gasteiger partial charge is 0.318 e. The molecular formula is C29H23F2N5O2S. The van der Waals surface area contributed by atoms with Gasteiger partial charge >= 0.3 is 0 Å². The van der Waals surface area contributed by atoms with Gasteiger partial charge in [0.1, 0.15) is 11.5 Å². The van der Waals surface area contributed by atoms with E-state index in [4.69, 9.17) is 5.10 Å². The fraction of sp³-hybridized carbons (Fsp3) is 0.103. The van der Waals surface area contributed by atoms with Crippen molar-refractivity contribution in [2.45, 2.75) is 20.8 Å². The zero-order valence-electron chi connectivity index (χ0n) is 21.3. The second-order valence-corrected chi connectivity index (χ2v) is 9.81. The van der Waals surface area contributed by atoms with Gasteiger partial charge in [0.2, 0.25) is 4.80 Å². The molecule has 2 heterocycles. The molecule has 0 aliphatic carbocycles. The lowest BCUT2D eigenvalue weighted by Crippen LogP contribution is -2.12. The summed E-state index contributed by atoms with van der Waals surface area (Å²) in [5.41, 5.74) is 6.30. The van der Waals surface area contributed by atoms with Crippen LogP contribution in [-0.4, -0.2) is 20.4 Å². The molecule has 196 valence electrons. The van der Waals surface area contributed by atoms with Gasteiger partial charge in [0, 0.05) is 51.8 Å². The molecule has 0 atom stereocenters. The van der Waals surface area contributed by atoms with Crippen LogP contribution in [0, 0.1) is 42.5 Å². The maximum absolute atomic E-state index is 14.4. The molecule has 0 saturated heterocycles. The summed E-state index contributed by atoms with van der Waals surface area (Å²) in [5, 5.41) is 17.6. The monoisotopic (exact) mass is 543 g/mol. The maximum Gasteiger partial charge on any atom is 0.269 e. The SMILES string of the molecule is Cc1ccc(-n2c(C)cc(C=Nn3c(-c4ccc([N+](=O)[O-])cc4)csc3=Nc3ccc(F)cc3F)c2C)cc1. The van der Waals surface area contributed by atoms with Gasteiger partial charge in [-0.2, -0.15) is 5.10 Å². The minimum absolute atomic E-state index is 0.0324. The number of halogens is 2. The van der Waals surface area contributed by atoms with E-state index < -0.39 is 16.6 Å². The molecule has 0 N–H and O–H groups in total. The number of benzene rings is 3. The Morgan fingerprint density at radius 3 is 2.33 bits per heavy atom. The van der Waals surface area contributed by atoms with Crippen LogP contribution in [0.3, 0.4) is 0 Å². The summed E-state index contributed by atoms with van der Waals surface area (Å²) < 4.78 is 31.5. The fourth-order valence-corrected chi connectivity index (χ4v) is 5.09. The lowest BCUT2D eigenvalue weighted by molar-refractivity contribution is -0.384. The molecule has 7 nitrogen and oxygen atoms in total. The van der Waals surface area contributed by atoms with Gasteiger partial charge in [-0.25, -0.2) is 18.4 Å². The van der Waals surface area contributed by atoms with Crippen LogP contribution in [-0.2, 0) is 0 Å². The van der Waals surface area contributed by atoms with E-state index in [0.717, 1.165) is 34.8 Å². The first-order valence-electron chi connectivity index (χ1n) is 12.0. The molecule has 0 spiro atoms. The molecule has 39 heavy (non-hydrogen) atoms. The van der Waals surface area contributed by atoms with E-state index in [1.165, 1.54) is 35.1 Å². The minimum Gasteiger partial charge on any atom is -0.318 e. The number of rotatable bonds is 6. The quantitative estimate of drug-likeness (QED) is 0.129. The van der Waals surface area contributed by atoms with E-state index in [2.05, 4.69) is 33.8 Å². The zero-order valence-corrected chi connectivity index (χ0v) is 22.1. The molecule has 10 heteroatoms. The third kappa shape index (κ3) is 5.32. The van der Waals surface area contributed by atoms with Crippen molar-refractivity contribution in [3.05, 3.63) is 127 Å². The predicted octanol–water partition coefficient (Wildman–Crippen LogP) is 7.23. The standard InChI is InChI=1S/C29H23F2N5O2S/c1-18-4-9-24(10-5-18)34-19(2)14-22(20(34)3)16-32-35-28(21-6-11-25(12-7-21)36(37)38)17-39-29(35)33-27-13-8-23(30)15-26(27)31/h4-17H,1-3H3. The zero-order chi connectivity index (χ0) is 27.7. The molecule has 0 amide bonds. The van der Waals surface area contributed by atoms with Crippen LogP contribution in [0.25, 0.3) is 16.9 Å². The Bertz CT molecular complexity index is 1780. The number of hydrogen-bond acceptors (Lipinski definition) is 5. The number of non-ortho nitro benzene ring substituents is 1. The van der Waals surface area contributed by atoms with E-state index >= 15 is 0 Å². The van der Waals surface area contributed by atoms with Crippen molar-refractivity contribution in [2.75, 3.05) is 0 Å². The van der Waals surface area contributed by atoms with Gasteiger partial charge in [0.15, 0.2) is 5.82 Å². The van der Waals surface area contributed by atoms with Gasteiger partial charge in [-0.3, -0.25) is 10.1 Å². The third-order valence-electron chi connectivity index (χ3n) is 6.26. The van der Waals surface area contributed by atoms with Gasteiger partial charge in [-0.1, -0.05) is 17.7 Å². The summed E-state index contributed by atoms with van der Waals surface area (Å²) in [6.07, 6.45) is 1.70. The second-order valence-electron chi connectivity index (χ2n) is 8.97. The summed E-state index contributed by atoms with van der Waals surface area (Å²) in [4.78, 5) is 15.4. The molecule has 3 aromatic carbocycles. The number of hydrogen-bond donors (Lipinski definition) is 0. The first kappa shape index (κ1) is 25.9. The summed E-state index contributed by atoms with van der Waals surface area (Å²) >= 11 is 1.22. The topological polar surface area (TPSA) is 77.7 Å². The minimum atomic E-state index is -0.794. The molecule has 2 aromatic heterocycles. The number of nitro benzene ring substituents is 1. The van der Waals surface area contributed by atoms with Crippen LogP contribution in [0.5, 0.6) is 0 Å². The van der Waals surface area contributed by atoms with Gasteiger partial charge < -0.3 is 4.57 Å². The van der Waals surface area contributed by atoms with E-state index in [1.54, 1.807) is 28.4 Å². The highest BCUT2D eigenvalue weighted by Crippen LogP contribution is 2.25. The van der Waals surface area contributed by atoms with Crippen molar-refractivity contribution in [3.8, 4) is 16.9 Å². The number of nitrogens with zero attached hydrogens (tertiary/aromatic N) is 5. The Balaban J connectivity index is 1.62. The Morgan fingerprint density at radius 2 is 1.67 bits per heavy atom. The van der Waals surface area contributed by atoms with Crippen molar-refractivity contribution in [1.82, 2.24) is 9.24 Å². The molecule has 0 aliphatic rings. The van der Waals surface area contributed by atoms with Gasteiger partial charge in [-0.05, 0) is 63.2 Å². The van der Waals surface area contributed by atoms with Crippen LogP contribution in [0.15, 0.2) is 88.3 Å². The Morgan fingerprint density at radius 1 is 0.949 bits per heavy atom. The number of nitro groups is 1. The third-order valence-corrected chi connectivity index (χ3v) is 7.08. The van der Waals surface area contributed by atoms with Crippen LogP contribution in [0.1, 0.15) is 22.5 Å². The van der Waals surface area contributed by atoms with Gasteiger partial charge in [0.05, 0.1) is 16.8 Å². The number of thiazole rings is 1. The van der Waals surface area contributed by atoms with E-state index in [1.807, 2.05) is 26.8 Å².